The lowest BCUT2D eigenvalue weighted by Crippen LogP contribution is -1.96. The molecule has 2 heterocycles. The molecule has 0 saturated carbocycles. The molecule has 0 bridgehead atoms. The normalized spacial score (nSPS) is 10.8. The highest BCUT2D eigenvalue weighted by molar-refractivity contribution is 6.32. The van der Waals surface area contributed by atoms with Gasteiger partial charge >= 0.3 is 0 Å². The van der Waals surface area contributed by atoms with Crippen LogP contribution in [0.15, 0.2) is 48.8 Å². The van der Waals surface area contributed by atoms with Gasteiger partial charge in [0, 0.05) is 12.4 Å². The monoisotopic (exact) mass is 272 g/mol. The maximum atomic E-state index is 6.09. The van der Waals surface area contributed by atoms with Crippen molar-refractivity contribution in [3.63, 3.8) is 0 Å². The molecule has 0 aliphatic heterocycles. The van der Waals surface area contributed by atoms with Gasteiger partial charge in [0.15, 0.2) is 0 Å². The summed E-state index contributed by atoms with van der Waals surface area (Å²) in [6, 6.07) is 11.6. The van der Waals surface area contributed by atoms with Crippen LogP contribution in [0.4, 0.5) is 0 Å². The van der Waals surface area contributed by atoms with E-state index in [1.54, 1.807) is 0 Å². The van der Waals surface area contributed by atoms with E-state index in [0.29, 0.717) is 17.4 Å². The summed E-state index contributed by atoms with van der Waals surface area (Å²) < 4.78 is 7.69. The highest BCUT2D eigenvalue weighted by atomic mass is 35.5. The maximum absolute atomic E-state index is 6.09. The topological polar surface area (TPSA) is 26.5 Å². The van der Waals surface area contributed by atoms with Crippen LogP contribution in [0, 0.1) is 6.92 Å². The minimum atomic E-state index is 0.408. The average molecular weight is 273 g/mol. The Morgan fingerprint density at radius 2 is 2.16 bits per heavy atom. The number of aryl methyl sites for hydroxylation is 1. The van der Waals surface area contributed by atoms with Gasteiger partial charge in [0.05, 0.1) is 10.7 Å². The second kappa shape index (κ2) is 4.94. The van der Waals surface area contributed by atoms with Crippen LogP contribution in [0.3, 0.4) is 0 Å². The number of hydrogen-bond acceptors (Lipinski definition) is 2. The third-order valence-corrected chi connectivity index (χ3v) is 3.19. The summed E-state index contributed by atoms with van der Waals surface area (Å²) in [5, 5.41) is 0.620. The first-order valence-corrected chi connectivity index (χ1v) is 6.42. The van der Waals surface area contributed by atoms with E-state index in [1.807, 2.05) is 60.1 Å². The van der Waals surface area contributed by atoms with Crippen molar-refractivity contribution in [3.8, 4) is 5.75 Å². The standard InChI is InChI=1S/C15H13ClN2O/c1-11-5-6-13(16)14(8-11)19-10-12-9-18-7-3-2-4-15(18)17-12/h2-9H,10H2,1H3. The van der Waals surface area contributed by atoms with E-state index < -0.39 is 0 Å². The lowest BCUT2D eigenvalue weighted by atomic mass is 10.2. The molecule has 4 heteroatoms. The summed E-state index contributed by atoms with van der Waals surface area (Å²) in [4.78, 5) is 4.47. The van der Waals surface area contributed by atoms with Gasteiger partial charge in [0.25, 0.3) is 0 Å². The number of pyridine rings is 1. The fraction of sp³-hybridized carbons (Fsp3) is 0.133. The molecule has 96 valence electrons. The molecule has 0 radical (unpaired) electrons. The zero-order valence-corrected chi connectivity index (χ0v) is 11.3. The van der Waals surface area contributed by atoms with Gasteiger partial charge < -0.3 is 9.14 Å². The van der Waals surface area contributed by atoms with Gasteiger partial charge in [0.1, 0.15) is 18.0 Å². The molecule has 1 aromatic carbocycles. The molecule has 0 unspecified atom stereocenters. The smallest absolute Gasteiger partial charge is 0.138 e. The van der Waals surface area contributed by atoms with E-state index in [0.717, 1.165) is 16.9 Å². The zero-order chi connectivity index (χ0) is 13.2. The fourth-order valence-corrected chi connectivity index (χ4v) is 2.10. The number of hydrogen-bond donors (Lipinski definition) is 0. The SMILES string of the molecule is Cc1ccc(Cl)c(OCc2cn3ccccc3n2)c1. The van der Waals surface area contributed by atoms with E-state index in [-0.39, 0.29) is 0 Å². The molecule has 0 aliphatic carbocycles. The van der Waals surface area contributed by atoms with Crippen LogP contribution in [0.5, 0.6) is 5.75 Å². The summed E-state index contributed by atoms with van der Waals surface area (Å²) in [7, 11) is 0. The molecule has 0 amide bonds. The summed E-state index contributed by atoms with van der Waals surface area (Å²) >= 11 is 6.09. The van der Waals surface area contributed by atoms with Crippen molar-refractivity contribution >= 4 is 17.2 Å². The van der Waals surface area contributed by atoms with Gasteiger partial charge in [-0.1, -0.05) is 23.7 Å². The van der Waals surface area contributed by atoms with Crippen LogP contribution in [0.1, 0.15) is 11.3 Å². The quantitative estimate of drug-likeness (QED) is 0.723. The van der Waals surface area contributed by atoms with Gasteiger partial charge in [-0.2, -0.15) is 0 Å². The molecule has 3 rings (SSSR count). The number of nitrogens with zero attached hydrogens (tertiary/aromatic N) is 2. The second-order valence-electron chi connectivity index (χ2n) is 4.42. The summed E-state index contributed by atoms with van der Waals surface area (Å²) in [5.41, 5.74) is 2.91. The van der Waals surface area contributed by atoms with Crippen LogP contribution >= 0.6 is 11.6 Å². The molecule has 0 fully saturated rings. The number of imidazole rings is 1. The number of aromatic nitrogens is 2. The minimum Gasteiger partial charge on any atom is -0.486 e. The Kier molecular flexibility index (Phi) is 3.13. The van der Waals surface area contributed by atoms with E-state index in [4.69, 9.17) is 16.3 Å². The van der Waals surface area contributed by atoms with E-state index >= 15 is 0 Å². The van der Waals surface area contributed by atoms with Crippen molar-refractivity contribution in [2.75, 3.05) is 0 Å². The van der Waals surface area contributed by atoms with Crippen molar-refractivity contribution in [1.29, 1.82) is 0 Å². The molecule has 19 heavy (non-hydrogen) atoms. The highest BCUT2D eigenvalue weighted by Crippen LogP contribution is 2.26. The molecule has 3 aromatic rings. The Hall–Kier alpha value is -2.00. The van der Waals surface area contributed by atoms with Gasteiger partial charge in [0.2, 0.25) is 0 Å². The van der Waals surface area contributed by atoms with Crippen molar-refractivity contribution in [2.24, 2.45) is 0 Å². The van der Waals surface area contributed by atoms with Crippen molar-refractivity contribution < 1.29 is 4.74 Å². The Balaban J connectivity index is 1.80. The van der Waals surface area contributed by atoms with Crippen molar-refractivity contribution in [3.05, 3.63) is 65.1 Å². The van der Waals surface area contributed by atoms with Gasteiger partial charge in [-0.05, 0) is 36.8 Å². The lowest BCUT2D eigenvalue weighted by molar-refractivity contribution is 0.302. The van der Waals surface area contributed by atoms with E-state index in [1.165, 1.54) is 0 Å². The summed E-state index contributed by atoms with van der Waals surface area (Å²) in [6.45, 7) is 2.42. The first kappa shape index (κ1) is 12.1. The Morgan fingerprint density at radius 1 is 1.26 bits per heavy atom. The van der Waals surface area contributed by atoms with Crippen molar-refractivity contribution in [2.45, 2.75) is 13.5 Å². The van der Waals surface area contributed by atoms with Crippen LogP contribution in [0.25, 0.3) is 5.65 Å². The van der Waals surface area contributed by atoms with Gasteiger partial charge in [-0.25, -0.2) is 4.98 Å². The number of rotatable bonds is 3. The molecule has 0 N–H and O–H groups in total. The molecule has 3 nitrogen and oxygen atoms in total. The predicted octanol–water partition coefficient (Wildman–Crippen LogP) is 3.88. The Morgan fingerprint density at radius 3 is 3.00 bits per heavy atom. The third kappa shape index (κ3) is 2.56. The average Bonchev–Trinajstić information content (AvgIpc) is 2.82. The molecule has 0 atom stereocenters. The molecule has 0 aliphatic rings. The zero-order valence-electron chi connectivity index (χ0n) is 10.5. The second-order valence-corrected chi connectivity index (χ2v) is 4.83. The van der Waals surface area contributed by atoms with Crippen LogP contribution in [-0.2, 0) is 6.61 Å². The number of halogens is 1. The van der Waals surface area contributed by atoms with Crippen LogP contribution in [0.2, 0.25) is 5.02 Å². The van der Waals surface area contributed by atoms with E-state index in [2.05, 4.69) is 4.98 Å². The first-order chi connectivity index (χ1) is 9.22. The van der Waals surface area contributed by atoms with E-state index in [9.17, 15) is 0 Å². The lowest BCUT2D eigenvalue weighted by Gasteiger charge is -2.06. The molecule has 2 aromatic heterocycles. The molecular weight excluding hydrogens is 260 g/mol. The summed E-state index contributed by atoms with van der Waals surface area (Å²) in [6.07, 6.45) is 3.92. The summed E-state index contributed by atoms with van der Waals surface area (Å²) in [5.74, 6) is 0.693. The van der Waals surface area contributed by atoms with Crippen LogP contribution in [-0.4, -0.2) is 9.38 Å². The molecule has 0 spiro atoms. The third-order valence-electron chi connectivity index (χ3n) is 2.88. The fourth-order valence-electron chi connectivity index (χ4n) is 1.93. The molecule has 0 saturated heterocycles. The van der Waals surface area contributed by atoms with Gasteiger partial charge in [-0.15, -0.1) is 0 Å². The largest absolute Gasteiger partial charge is 0.486 e. The first-order valence-electron chi connectivity index (χ1n) is 6.04. The van der Waals surface area contributed by atoms with Crippen LogP contribution < -0.4 is 4.74 Å². The Bertz CT molecular complexity index is 688. The van der Waals surface area contributed by atoms with Gasteiger partial charge in [-0.3, -0.25) is 0 Å². The Labute approximate surface area is 116 Å². The number of fused-ring (bicyclic) bond motifs is 1. The highest BCUT2D eigenvalue weighted by Gasteiger charge is 2.05. The van der Waals surface area contributed by atoms with Crippen molar-refractivity contribution in [1.82, 2.24) is 9.38 Å². The predicted molar refractivity (Wildman–Crippen MR) is 75.7 cm³/mol. The maximum Gasteiger partial charge on any atom is 0.138 e. The minimum absolute atomic E-state index is 0.408. The molecular formula is C15H13ClN2O. The number of ether oxygens (including phenoxy) is 1. The number of benzene rings is 1.